The van der Waals surface area contributed by atoms with Gasteiger partial charge in [0.25, 0.3) is 0 Å². The predicted molar refractivity (Wildman–Crippen MR) is 102 cm³/mol. The average Bonchev–Trinajstić information content (AvgIpc) is 2.66. The molecule has 7 heteroatoms. The van der Waals surface area contributed by atoms with Gasteiger partial charge in [0.2, 0.25) is 5.75 Å². The molecule has 2 aromatic rings. The zero-order chi connectivity index (χ0) is 19.4. The Labute approximate surface area is 159 Å². The third-order valence-electron chi connectivity index (χ3n) is 4.80. The largest absolute Gasteiger partial charge is 0.493 e. The minimum atomic E-state index is -0.208. The van der Waals surface area contributed by atoms with Crippen molar-refractivity contribution >= 4 is 6.03 Å². The molecule has 0 saturated carbocycles. The minimum Gasteiger partial charge on any atom is -0.493 e. The van der Waals surface area contributed by atoms with Crippen LogP contribution in [0.5, 0.6) is 17.2 Å². The topological polar surface area (TPSA) is 72.9 Å². The smallest absolute Gasteiger partial charge is 0.317 e. The van der Waals surface area contributed by atoms with Gasteiger partial charge in [0.15, 0.2) is 11.5 Å². The van der Waals surface area contributed by atoms with E-state index in [-0.39, 0.29) is 12.1 Å². The van der Waals surface area contributed by atoms with Gasteiger partial charge in [-0.25, -0.2) is 4.79 Å². The number of nitrogens with one attached hydrogen (secondary N) is 1. The van der Waals surface area contributed by atoms with Crippen LogP contribution in [0.1, 0.15) is 30.1 Å². The van der Waals surface area contributed by atoms with Crippen LogP contribution in [-0.2, 0) is 0 Å². The summed E-state index contributed by atoms with van der Waals surface area (Å²) in [6.45, 7) is 3.27. The van der Waals surface area contributed by atoms with Gasteiger partial charge >= 0.3 is 6.03 Å². The van der Waals surface area contributed by atoms with Crippen molar-refractivity contribution in [2.75, 3.05) is 34.4 Å². The summed E-state index contributed by atoms with van der Waals surface area (Å²) >= 11 is 0. The quantitative estimate of drug-likeness (QED) is 0.845. The molecule has 2 amide bonds. The second kappa shape index (κ2) is 8.16. The first kappa shape index (κ1) is 18.8. The highest BCUT2D eigenvalue weighted by Gasteiger charge is 2.33. The fraction of sp³-hybridized carbons (Fsp3) is 0.400. The second-order valence-corrected chi connectivity index (χ2v) is 6.49. The van der Waals surface area contributed by atoms with E-state index < -0.39 is 0 Å². The van der Waals surface area contributed by atoms with Crippen molar-refractivity contribution in [3.63, 3.8) is 0 Å². The maximum atomic E-state index is 12.5. The molecule has 1 N–H and O–H groups in total. The number of amides is 2. The molecule has 1 aromatic carbocycles. The third-order valence-corrected chi connectivity index (χ3v) is 4.80. The van der Waals surface area contributed by atoms with Crippen LogP contribution < -0.4 is 19.5 Å². The molecule has 0 spiro atoms. The Bertz CT molecular complexity index is 766. The molecule has 1 aromatic heterocycles. The number of nitrogens with zero attached hydrogens (tertiary/aromatic N) is 2. The van der Waals surface area contributed by atoms with Crippen molar-refractivity contribution < 1.29 is 19.0 Å². The standard InChI is InChI=1S/C20H25N3O4/c1-13(14-9-17(25-2)19(27-4)18(10-14)26-3)22-20(24)23-11-15(12-23)16-7-5-6-8-21-16/h5-10,13,15H,11-12H2,1-4H3,(H,22,24). The van der Waals surface area contributed by atoms with Crippen molar-refractivity contribution in [2.24, 2.45) is 0 Å². The Morgan fingerprint density at radius 1 is 1.15 bits per heavy atom. The Balaban J connectivity index is 1.64. The molecule has 3 rings (SSSR count). The molecule has 27 heavy (non-hydrogen) atoms. The normalized spacial score (nSPS) is 14.9. The van der Waals surface area contributed by atoms with Crippen LogP contribution in [0.4, 0.5) is 4.79 Å². The number of hydrogen-bond acceptors (Lipinski definition) is 5. The van der Waals surface area contributed by atoms with Crippen LogP contribution in [-0.4, -0.2) is 50.3 Å². The molecule has 1 saturated heterocycles. The number of rotatable bonds is 6. The van der Waals surface area contributed by atoms with E-state index in [1.807, 2.05) is 37.3 Å². The number of aromatic nitrogens is 1. The zero-order valence-electron chi connectivity index (χ0n) is 16.1. The Morgan fingerprint density at radius 2 is 1.81 bits per heavy atom. The van der Waals surface area contributed by atoms with E-state index in [0.717, 1.165) is 11.3 Å². The molecular weight excluding hydrogens is 346 g/mol. The summed E-state index contributed by atoms with van der Waals surface area (Å²) in [6, 6.07) is 9.25. The highest BCUT2D eigenvalue weighted by molar-refractivity contribution is 5.76. The lowest BCUT2D eigenvalue weighted by molar-refractivity contribution is 0.147. The Kier molecular flexibility index (Phi) is 5.69. The van der Waals surface area contributed by atoms with E-state index >= 15 is 0 Å². The molecule has 1 unspecified atom stereocenters. The number of likely N-dealkylation sites (tertiary alicyclic amines) is 1. The first-order chi connectivity index (χ1) is 13.1. The van der Waals surface area contributed by atoms with E-state index in [1.54, 1.807) is 32.4 Å². The van der Waals surface area contributed by atoms with Gasteiger partial charge < -0.3 is 24.4 Å². The average molecular weight is 371 g/mol. The summed E-state index contributed by atoms with van der Waals surface area (Å²) in [5, 5.41) is 3.02. The molecule has 0 aliphatic carbocycles. The zero-order valence-corrected chi connectivity index (χ0v) is 16.1. The van der Waals surface area contributed by atoms with Crippen LogP contribution in [0.15, 0.2) is 36.5 Å². The number of urea groups is 1. The predicted octanol–water partition coefficient (Wildman–Crippen LogP) is 2.98. The number of carbonyl (C=O) groups excluding carboxylic acids is 1. The number of carbonyl (C=O) groups is 1. The molecule has 0 radical (unpaired) electrons. The van der Waals surface area contributed by atoms with Gasteiger partial charge in [-0.2, -0.15) is 0 Å². The molecule has 7 nitrogen and oxygen atoms in total. The van der Waals surface area contributed by atoms with Gasteiger partial charge in [-0.15, -0.1) is 0 Å². The van der Waals surface area contributed by atoms with E-state index in [1.165, 1.54) is 0 Å². The van der Waals surface area contributed by atoms with Crippen LogP contribution in [0.3, 0.4) is 0 Å². The first-order valence-electron chi connectivity index (χ1n) is 8.83. The SMILES string of the molecule is COc1cc(C(C)NC(=O)N2CC(c3ccccn3)C2)cc(OC)c1OC. The van der Waals surface area contributed by atoms with Crippen LogP contribution in [0.25, 0.3) is 0 Å². The number of benzene rings is 1. The van der Waals surface area contributed by atoms with Gasteiger partial charge in [0.1, 0.15) is 0 Å². The van der Waals surface area contributed by atoms with Crippen molar-refractivity contribution in [3.8, 4) is 17.2 Å². The molecular formula is C20H25N3O4. The van der Waals surface area contributed by atoms with Gasteiger partial charge in [-0.1, -0.05) is 6.07 Å². The maximum absolute atomic E-state index is 12.5. The highest BCUT2D eigenvalue weighted by Crippen LogP contribution is 2.39. The van der Waals surface area contributed by atoms with Crippen LogP contribution >= 0.6 is 0 Å². The second-order valence-electron chi connectivity index (χ2n) is 6.49. The van der Waals surface area contributed by atoms with Gasteiger partial charge in [0, 0.05) is 30.9 Å². The fourth-order valence-corrected chi connectivity index (χ4v) is 3.16. The van der Waals surface area contributed by atoms with E-state index in [9.17, 15) is 4.79 Å². The lowest BCUT2D eigenvalue weighted by atomic mass is 9.96. The number of ether oxygens (including phenoxy) is 3. The lowest BCUT2D eigenvalue weighted by Gasteiger charge is -2.39. The molecule has 1 aliphatic rings. The summed E-state index contributed by atoms with van der Waals surface area (Å²) < 4.78 is 16.1. The first-order valence-corrected chi connectivity index (χ1v) is 8.83. The monoisotopic (exact) mass is 371 g/mol. The Hall–Kier alpha value is -2.96. The molecule has 1 aliphatic heterocycles. The molecule has 1 atom stereocenters. The van der Waals surface area contributed by atoms with Crippen molar-refractivity contribution in [3.05, 3.63) is 47.8 Å². The molecule has 1 fully saturated rings. The van der Waals surface area contributed by atoms with E-state index in [0.29, 0.717) is 36.3 Å². The number of methoxy groups -OCH3 is 3. The fourth-order valence-electron chi connectivity index (χ4n) is 3.16. The van der Waals surface area contributed by atoms with Crippen LogP contribution in [0, 0.1) is 0 Å². The summed E-state index contributed by atoms with van der Waals surface area (Å²) in [4.78, 5) is 18.7. The summed E-state index contributed by atoms with van der Waals surface area (Å²) in [5.41, 5.74) is 1.90. The maximum Gasteiger partial charge on any atom is 0.317 e. The third kappa shape index (κ3) is 3.92. The highest BCUT2D eigenvalue weighted by atomic mass is 16.5. The van der Waals surface area contributed by atoms with Crippen LogP contribution in [0.2, 0.25) is 0 Å². The van der Waals surface area contributed by atoms with Crippen molar-refractivity contribution in [1.29, 1.82) is 0 Å². The molecule has 144 valence electrons. The van der Waals surface area contributed by atoms with Gasteiger partial charge in [-0.3, -0.25) is 4.98 Å². The van der Waals surface area contributed by atoms with E-state index in [2.05, 4.69) is 10.3 Å². The van der Waals surface area contributed by atoms with Crippen molar-refractivity contribution in [2.45, 2.75) is 18.9 Å². The number of pyridine rings is 1. The minimum absolute atomic E-state index is 0.0940. The summed E-state index contributed by atoms with van der Waals surface area (Å²) in [7, 11) is 4.71. The lowest BCUT2D eigenvalue weighted by Crippen LogP contribution is -2.53. The van der Waals surface area contributed by atoms with E-state index in [4.69, 9.17) is 14.2 Å². The summed E-state index contributed by atoms with van der Waals surface area (Å²) in [5.74, 6) is 1.95. The molecule has 2 heterocycles. The Morgan fingerprint density at radius 3 is 2.33 bits per heavy atom. The van der Waals surface area contributed by atoms with Crippen molar-refractivity contribution in [1.82, 2.24) is 15.2 Å². The number of hydrogen-bond donors (Lipinski definition) is 1. The summed E-state index contributed by atoms with van der Waals surface area (Å²) in [6.07, 6.45) is 1.78. The van der Waals surface area contributed by atoms with Gasteiger partial charge in [-0.05, 0) is 36.8 Å². The molecule has 0 bridgehead atoms. The van der Waals surface area contributed by atoms with Gasteiger partial charge in [0.05, 0.1) is 27.4 Å².